The number of thioether (sulfide) groups is 1. The molecule has 1 fully saturated rings. The summed E-state index contributed by atoms with van der Waals surface area (Å²) in [7, 11) is 0. The molecule has 96 valence electrons. The van der Waals surface area contributed by atoms with Crippen LogP contribution in [0.2, 0.25) is 0 Å². The topological polar surface area (TPSA) is 12.0 Å². The van der Waals surface area contributed by atoms with Crippen LogP contribution in [-0.2, 0) is 0 Å². The second-order valence-electron chi connectivity index (χ2n) is 5.03. The van der Waals surface area contributed by atoms with E-state index in [9.17, 15) is 0 Å². The van der Waals surface area contributed by atoms with E-state index < -0.39 is 0 Å². The van der Waals surface area contributed by atoms with Gasteiger partial charge in [-0.2, -0.15) is 11.8 Å². The molecule has 0 aliphatic carbocycles. The lowest BCUT2D eigenvalue weighted by Crippen LogP contribution is -2.38. The first-order chi connectivity index (χ1) is 7.81. The van der Waals surface area contributed by atoms with Gasteiger partial charge in [-0.15, -0.1) is 0 Å². The van der Waals surface area contributed by atoms with Crippen LogP contribution in [0.3, 0.4) is 0 Å². The third-order valence-electron chi connectivity index (χ3n) is 4.01. The summed E-state index contributed by atoms with van der Waals surface area (Å²) in [5, 5.41) is 3.73. The van der Waals surface area contributed by atoms with Crippen molar-refractivity contribution < 1.29 is 0 Å². The Balaban J connectivity index is 2.41. The van der Waals surface area contributed by atoms with Crippen LogP contribution >= 0.6 is 11.8 Å². The standard InChI is InChI=1S/C14H29NS/c1-4-13(5-2)14(15-6-3)11-12-7-9-16-10-8-12/h12-15H,4-11H2,1-3H3. The van der Waals surface area contributed by atoms with Crippen molar-refractivity contribution in [1.29, 1.82) is 0 Å². The Hall–Kier alpha value is 0.310. The first-order valence-corrected chi connectivity index (χ1v) is 8.28. The molecule has 1 nitrogen and oxygen atoms in total. The molecular weight excluding hydrogens is 214 g/mol. The summed E-state index contributed by atoms with van der Waals surface area (Å²) in [4.78, 5) is 0. The van der Waals surface area contributed by atoms with Crippen molar-refractivity contribution >= 4 is 11.8 Å². The highest BCUT2D eigenvalue weighted by molar-refractivity contribution is 7.99. The molecule has 1 heterocycles. The van der Waals surface area contributed by atoms with Crippen LogP contribution in [0.5, 0.6) is 0 Å². The van der Waals surface area contributed by atoms with E-state index in [4.69, 9.17) is 0 Å². The fourth-order valence-corrected chi connectivity index (χ4v) is 4.11. The summed E-state index contributed by atoms with van der Waals surface area (Å²) in [5.74, 6) is 4.67. The molecule has 0 radical (unpaired) electrons. The SMILES string of the molecule is CCNC(CC1CCSCC1)C(CC)CC. The quantitative estimate of drug-likeness (QED) is 0.727. The lowest BCUT2D eigenvalue weighted by molar-refractivity contribution is 0.273. The molecular formula is C14H29NS. The van der Waals surface area contributed by atoms with Crippen LogP contribution < -0.4 is 5.32 Å². The number of hydrogen-bond donors (Lipinski definition) is 1. The van der Waals surface area contributed by atoms with Crippen molar-refractivity contribution in [3.8, 4) is 0 Å². The average Bonchev–Trinajstić information content (AvgIpc) is 2.32. The molecule has 1 rings (SSSR count). The normalized spacial score (nSPS) is 20.2. The Labute approximate surface area is 106 Å². The average molecular weight is 243 g/mol. The van der Waals surface area contributed by atoms with Gasteiger partial charge >= 0.3 is 0 Å². The van der Waals surface area contributed by atoms with Gasteiger partial charge in [0.2, 0.25) is 0 Å². The Bertz CT molecular complexity index is 162. The maximum atomic E-state index is 3.73. The molecule has 0 saturated carbocycles. The van der Waals surface area contributed by atoms with E-state index in [-0.39, 0.29) is 0 Å². The zero-order valence-electron chi connectivity index (χ0n) is 11.3. The molecule has 1 aliphatic rings. The number of hydrogen-bond acceptors (Lipinski definition) is 2. The van der Waals surface area contributed by atoms with Crippen molar-refractivity contribution in [1.82, 2.24) is 5.32 Å². The maximum Gasteiger partial charge on any atom is 0.00976 e. The molecule has 16 heavy (non-hydrogen) atoms. The van der Waals surface area contributed by atoms with Gasteiger partial charge in [-0.25, -0.2) is 0 Å². The van der Waals surface area contributed by atoms with Gasteiger partial charge in [0.15, 0.2) is 0 Å². The van der Waals surface area contributed by atoms with E-state index in [0.29, 0.717) is 0 Å². The second kappa shape index (κ2) is 8.41. The van der Waals surface area contributed by atoms with Gasteiger partial charge in [-0.3, -0.25) is 0 Å². The Morgan fingerprint density at radius 3 is 2.25 bits per heavy atom. The minimum absolute atomic E-state index is 0.771. The molecule has 1 aliphatic heterocycles. The highest BCUT2D eigenvalue weighted by Gasteiger charge is 2.23. The van der Waals surface area contributed by atoms with Gasteiger partial charge in [0.25, 0.3) is 0 Å². The molecule has 0 spiro atoms. The predicted octanol–water partition coefficient (Wildman–Crippen LogP) is 3.93. The molecule has 0 amide bonds. The molecule has 1 N–H and O–H groups in total. The van der Waals surface area contributed by atoms with Crippen LogP contribution in [0.4, 0.5) is 0 Å². The van der Waals surface area contributed by atoms with E-state index in [2.05, 4.69) is 37.8 Å². The van der Waals surface area contributed by atoms with Crippen molar-refractivity contribution in [3.63, 3.8) is 0 Å². The number of rotatable bonds is 7. The van der Waals surface area contributed by atoms with Gasteiger partial charge in [-0.1, -0.05) is 33.6 Å². The van der Waals surface area contributed by atoms with E-state index >= 15 is 0 Å². The van der Waals surface area contributed by atoms with E-state index in [1.807, 2.05) is 0 Å². The Morgan fingerprint density at radius 1 is 1.12 bits per heavy atom. The molecule has 1 unspecified atom stereocenters. The van der Waals surface area contributed by atoms with Crippen LogP contribution in [0, 0.1) is 11.8 Å². The summed E-state index contributed by atoms with van der Waals surface area (Å²) in [6.45, 7) is 8.05. The highest BCUT2D eigenvalue weighted by atomic mass is 32.2. The second-order valence-corrected chi connectivity index (χ2v) is 6.26. The van der Waals surface area contributed by atoms with Gasteiger partial charge in [0.05, 0.1) is 0 Å². The third-order valence-corrected chi connectivity index (χ3v) is 5.06. The minimum Gasteiger partial charge on any atom is -0.314 e. The van der Waals surface area contributed by atoms with Gasteiger partial charge in [0, 0.05) is 6.04 Å². The first kappa shape index (κ1) is 14.4. The maximum absolute atomic E-state index is 3.73. The zero-order chi connectivity index (χ0) is 11.8. The van der Waals surface area contributed by atoms with Gasteiger partial charge < -0.3 is 5.32 Å². The monoisotopic (exact) mass is 243 g/mol. The summed E-state index contributed by atoms with van der Waals surface area (Å²) in [6, 6.07) is 0.771. The lowest BCUT2D eigenvalue weighted by atomic mass is 9.85. The van der Waals surface area contributed by atoms with Crippen molar-refractivity contribution in [2.24, 2.45) is 11.8 Å². The lowest BCUT2D eigenvalue weighted by Gasteiger charge is -2.31. The minimum atomic E-state index is 0.771. The molecule has 0 aromatic carbocycles. The van der Waals surface area contributed by atoms with E-state index in [0.717, 1.165) is 24.4 Å². The summed E-state index contributed by atoms with van der Waals surface area (Å²) in [6.07, 6.45) is 6.98. The van der Waals surface area contributed by atoms with Crippen molar-refractivity contribution in [3.05, 3.63) is 0 Å². The van der Waals surface area contributed by atoms with Crippen molar-refractivity contribution in [2.45, 2.75) is 58.9 Å². The third kappa shape index (κ3) is 4.67. The van der Waals surface area contributed by atoms with E-state index in [1.165, 1.54) is 43.6 Å². The largest absolute Gasteiger partial charge is 0.314 e. The molecule has 2 heteroatoms. The zero-order valence-corrected chi connectivity index (χ0v) is 12.1. The molecule has 1 saturated heterocycles. The Morgan fingerprint density at radius 2 is 1.75 bits per heavy atom. The van der Waals surface area contributed by atoms with Crippen molar-refractivity contribution in [2.75, 3.05) is 18.1 Å². The summed E-state index contributed by atoms with van der Waals surface area (Å²) < 4.78 is 0. The summed E-state index contributed by atoms with van der Waals surface area (Å²) >= 11 is 2.14. The number of nitrogens with one attached hydrogen (secondary N) is 1. The highest BCUT2D eigenvalue weighted by Crippen LogP contribution is 2.29. The van der Waals surface area contributed by atoms with Gasteiger partial charge in [0.1, 0.15) is 0 Å². The van der Waals surface area contributed by atoms with Crippen LogP contribution in [0.1, 0.15) is 52.9 Å². The van der Waals surface area contributed by atoms with E-state index in [1.54, 1.807) is 0 Å². The van der Waals surface area contributed by atoms with Gasteiger partial charge in [-0.05, 0) is 49.1 Å². The molecule has 0 bridgehead atoms. The van der Waals surface area contributed by atoms with Crippen LogP contribution in [0.25, 0.3) is 0 Å². The molecule has 0 aromatic heterocycles. The Kier molecular flexibility index (Phi) is 7.55. The molecule has 0 aromatic rings. The fraction of sp³-hybridized carbons (Fsp3) is 1.00. The van der Waals surface area contributed by atoms with Crippen LogP contribution in [0.15, 0.2) is 0 Å². The smallest absolute Gasteiger partial charge is 0.00976 e. The summed E-state index contributed by atoms with van der Waals surface area (Å²) in [5.41, 5.74) is 0. The fourth-order valence-electron chi connectivity index (χ4n) is 2.90. The molecule has 1 atom stereocenters. The van der Waals surface area contributed by atoms with Crippen LogP contribution in [-0.4, -0.2) is 24.1 Å². The first-order valence-electron chi connectivity index (χ1n) is 7.12. The predicted molar refractivity (Wildman–Crippen MR) is 76.2 cm³/mol.